The third kappa shape index (κ3) is 2.15. The molecule has 4 aliphatic rings. The Kier molecular flexibility index (Phi) is 3.93. The number of aliphatic hydroxyl groups is 1. The summed E-state index contributed by atoms with van der Waals surface area (Å²) in [6, 6.07) is 0. The minimum absolute atomic E-state index is 0.0479. The first kappa shape index (κ1) is 19.0. The molecule has 27 heavy (non-hydrogen) atoms. The third-order valence-electron chi connectivity index (χ3n) is 8.41. The van der Waals surface area contributed by atoms with Crippen LogP contribution in [0.25, 0.3) is 0 Å². The summed E-state index contributed by atoms with van der Waals surface area (Å²) >= 11 is 0. The van der Waals surface area contributed by atoms with Gasteiger partial charge in [0, 0.05) is 17.3 Å². The zero-order valence-electron chi connectivity index (χ0n) is 16.3. The summed E-state index contributed by atoms with van der Waals surface area (Å²) in [6.07, 6.45) is 2.02. The molecule has 9 atom stereocenters. The molecule has 4 rings (SSSR count). The van der Waals surface area contributed by atoms with Gasteiger partial charge in [0.1, 0.15) is 12.0 Å². The lowest BCUT2D eigenvalue weighted by Gasteiger charge is -2.62. The van der Waals surface area contributed by atoms with E-state index in [1.807, 2.05) is 13.8 Å². The Morgan fingerprint density at radius 1 is 1.26 bits per heavy atom. The Balaban J connectivity index is 1.86. The summed E-state index contributed by atoms with van der Waals surface area (Å²) < 4.78 is 32.0. The highest BCUT2D eigenvalue weighted by Crippen LogP contribution is 2.70. The molecule has 0 bridgehead atoms. The van der Waals surface area contributed by atoms with E-state index in [-0.39, 0.29) is 47.7 Å². The van der Waals surface area contributed by atoms with Crippen LogP contribution in [0.15, 0.2) is 23.8 Å². The first-order valence-electron chi connectivity index (χ1n) is 9.93. The molecule has 5 heteroatoms. The normalized spacial score (nSPS) is 54.0. The maximum atomic E-state index is 16.8. The topological polar surface area (TPSA) is 54.4 Å². The molecule has 0 aliphatic heterocycles. The van der Waals surface area contributed by atoms with Gasteiger partial charge in [-0.2, -0.15) is 0 Å². The number of ketones is 2. The van der Waals surface area contributed by atoms with Crippen LogP contribution in [0.5, 0.6) is 0 Å². The SMILES string of the molecule is CC(=O)C1[C@H](C)CC2C3C[C@H](F)C4=CC(=O)C=CC4(C)C3(F)C(O)CC21C. The van der Waals surface area contributed by atoms with E-state index in [1.165, 1.54) is 18.2 Å². The number of carbonyl (C=O) groups is 2. The Morgan fingerprint density at radius 2 is 1.93 bits per heavy atom. The molecule has 0 heterocycles. The van der Waals surface area contributed by atoms with Gasteiger partial charge in [0.2, 0.25) is 0 Å². The van der Waals surface area contributed by atoms with E-state index in [2.05, 4.69) is 0 Å². The molecule has 0 aromatic heterocycles. The minimum atomic E-state index is -2.05. The van der Waals surface area contributed by atoms with E-state index in [9.17, 15) is 14.7 Å². The lowest BCUT2D eigenvalue weighted by Crippen LogP contribution is -2.68. The standard InChI is InChI=1S/C22H28F2O3/c1-11-7-14-15-9-17(23)16-8-13(26)5-6-21(16,4)22(15,24)18(27)10-20(14,3)19(11)12(2)25/h5-6,8,11,14-15,17-19,27H,7,9-10H2,1-4H3/t11-,14?,15?,17+,18?,19?,20?,21?,22?/m1/s1. The van der Waals surface area contributed by atoms with Gasteiger partial charge in [-0.15, -0.1) is 0 Å². The van der Waals surface area contributed by atoms with E-state index < -0.39 is 34.7 Å². The predicted octanol–water partition coefficient (Wildman–Crippen LogP) is 3.76. The van der Waals surface area contributed by atoms with Crippen LogP contribution >= 0.6 is 0 Å². The first-order valence-corrected chi connectivity index (χ1v) is 9.93. The highest BCUT2D eigenvalue weighted by Gasteiger charge is 2.72. The van der Waals surface area contributed by atoms with Crippen molar-refractivity contribution in [2.24, 2.45) is 34.5 Å². The van der Waals surface area contributed by atoms with Crippen LogP contribution in [0.2, 0.25) is 0 Å². The molecule has 0 amide bonds. The fraction of sp³-hybridized carbons (Fsp3) is 0.727. The Bertz CT molecular complexity index is 774. The van der Waals surface area contributed by atoms with Crippen LogP contribution in [0.1, 0.15) is 47.0 Å². The van der Waals surface area contributed by atoms with Gasteiger partial charge in [0.25, 0.3) is 0 Å². The zero-order chi connectivity index (χ0) is 19.9. The lowest BCUT2D eigenvalue weighted by molar-refractivity contribution is -0.201. The Hall–Kier alpha value is -1.36. The summed E-state index contributed by atoms with van der Waals surface area (Å²) in [5.41, 5.74) is -3.78. The number of allylic oxidation sites excluding steroid dienone is 4. The van der Waals surface area contributed by atoms with Gasteiger partial charge in [-0.3, -0.25) is 9.59 Å². The van der Waals surface area contributed by atoms with E-state index in [1.54, 1.807) is 13.8 Å². The van der Waals surface area contributed by atoms with Crippen molar-refractivity contribution in [3.63, 3.8) is 0 Å². The highest BCUT2D eigenvalue weighted by molar-refractivity contribution is 6.01. The van der Waals surface area contributed by atoms with Crippen LogP contribution in [-0.2, 0) is 9.59 Å². The number of hydrogen-bond donors (Lipinski definition) is 1. The summed E-state index contributed by atoms with van der Waals surface area (Å²) in [7, 11) is 0. The van der Waals surface area contributed by atoms with Gasteiger partial charge < -0.3 is 5.11 Å². The molecule has 3 saturated carbocycles. The third-order valence-corrected chi connectivity index (χ3v) is 8.41. The molecular weight excluding hydrogens is 350 g/mol. The molecule has 7 unspecified atom stereocenters. The van der Waals surface area contributed by atoms with Crippen molar-refractivity contribution >= 4 is 11.6 Å². The fourth-order valence-electron chi connectivity index (χ4n) is 7.44. The number of fused-ring (bicyclic) bond motifs is 5. The first-order chi connectivity index (χ1) is 12.5. The second kappa shape index (κ2) is 5.59. The van der Waals surface area contributed by atoms with Crippen LogP contribution in [0.4, 0.5) is 8.78 Å². The highest BCUT2D eigenvalue weighted by atomic mass is 19.1. The van der Waals surface area contributed by atoms with Crippen molar-refractivity contribution in [3.8, 4) is 0 Å². The summed E-state index contributed by atoms with van der Waals surface area (Å²) in [6.45, 7) is 7.14. The van der Waals surface area contributed by atoms with Gasteiger partial charge in [0.15, 0.2) is 11.5 Å². The Morgan fingerprint density at radius 3 is 2.56 bits per heavy atom. The van der Waals surface area contributed by atoms with Gasteiger partial charge in [-0.25, -0.2) is 8.78 Å². The van der Waals surface area contributed by atoms with Crippen LogP contribution < -0.4 is 0 Å². The second-order valence-electron chi connectivity index (χ2n) is 9.75. The number of Topliss-reactive ketones (excluding diaryl/α,β-unsaturated/α-hetero) is 1. The smallest absolute Gasteiger partial charge is 0.178 e. The van der Waals surface area contributed by atoms with Crippen LogP contribution in [0.3, 0.4) is 0 Å². The molecule has 148 valence electrons. The molecule has 3 nitrogen and oxygen atoms in total. The van der Waals surface area contributed by atoms with Gasteiger partial charge in [-0.1, -0.05) is 19.9 Å². The van der Waals surface area contributed by atoms with Gasteiger partial charge in [0.05, 0.1) is 6.10 Å². The van der Waals surface area contributed by atoms with E-state index in [0.29, 0.717) is 6.42 Å². The van der Waals surface area contributed by atoms with Crippen LogP contribution in [-0.4, -0.2) is 34.6 Å². The second-order valence-corrected chi connectivity index (χ2v) is 9.75. The molecule has 0 aromatic carbocycles. The summed E-state index contributed by atoms with van der Waals surface area (Å²) in [4.78, 5) is 24.1. The maximum Gasteiger partial charge on any atom is 0.178 e. The monoisotopic (exact) mass is 378 g/mol. The van der Waals surface area contributed by atoms with E-state index in [4.69, 9.17) is 0 Å². The number of halogens is 2. The van der Waals surface area contributed by atoms with E-state index >= 15 is 8.78 Å². The molecular formula is C22H28F2O3. The molecule has 1 N–H and O–H groups in total. The number of rotatable bonds is 1. The molecule has 3 fully saturated rings. The molecule has 0 aromatic rings. The number of alkyl halides is 2. The summed E-state index contributed by atoms with van der Waals surface area (Å²) in [5, 5.41) is 11.1. The average Bonchev–Trinajstić information content (AvgIpc) is 2.82. The van der Waals surface area contributed by atoms with Crippen molar-refractivity contribution < 1.29 is 23.5 Å². The van der Waals surface area contributed by atoms with E-state index in [0.717, 1.165) is 0 Å². The van der Waals surface area contributed by atoms with Gasteiger partial charge >= 0.3 is 0 Å². The van der Waals surface area contributed by atoms with Gasteiger partial charge in [-0.05, 0) is 68.1 Å². The van der Waals surface area contributed by atoms with Crippen molar-refractivity contribution in [2.75, 3.05) is 0 Å². The minimum Gasteiger partial charge on any atom is -0.390 e. The molecule has 0 radical (unpaired) electrons. The van der Waals surface area contributed by atoms with Crippen molar-refractivity contribution in [2.45, 2.75) is 64.9 Å². The lowest BCUT2D eigenvalue weighted by atomic mass is 9.45. The van der Waals surface area contributed by atoms with Crippen molar-refractivity contribution in [3.05, 3.63) is 23.8 Å². The number of hydrogen-bond acceptors (Lipinski definition) is 3. The summed E-state index contributed by atoms with van der Waals surface area (Å²) in [5.74, 6) is -1.29. The quantitative estimate of drug-likeness (QED) is 0.756. The van der Waals surface area contributed by atoms with Crippen molar-refractivity contribution in [1.29, 1.82) is 0 Å². The fourth-order valence-corrected chi connectivity index (χ4v) is 7.44. The molecule has 0 saturated heterocycles. The average molecular weight is 378 g/mol. The Labute approximate surface area is 158 Å². The van der Waals surface area contributed by atoms with Crippen molar-refractivity contribution in [1.82, 2.24) is 0 Å². The largest absolute Gasteiger partial charge is 0.390 e. The molecule has 4 aliphatic carbocycles. The molecule has 0 spiro atoms. The number of aliphatic hydroxyl groups excluding tert-OH is 1. The maximum absolute atomic E-state index is 16.8. The number of carbonyl (C=O) groups excluding carboxylic acids is 2. The van der Waals surface area contributed by atoms with Crippen LogP contribution in [0, 0.1) is 34.5 Å². The predicted molar refractivity (Wildman–Crippen MR) is 97.4 cm³/mol. The zero-order valence-corrected chi connectivity index (χ0v) is 16.3.